The first-order chi connectivity index (χ1) is 9.09. The molecule has 0 radical (unpaired) electrons. The Morgan fingerprint density at radius 2 is 1.79 bits per heavy atom. The number of para-hydroxylation sites is 1. The van der Waals surface area contributed by atoms with Crippen molar-refractivity contribution < 1.29 is 19.4 Å². The van der Waals surface area contributed by atoms with Crippen molar-refractivity contribution in [2.45, 2.75) is 6.10 Å². The molecule has 1 amide bonds. The van der Waals surface area contributed by atoms with E-state index in [1.165, 1.54) is 12.1 Å². The highest BCUT2D eigenvalue weighted by Gasteiger charge is 2.19. The molecule has 2 rings (SSSR count). The highest BCUT2D eigenvalue weighted by molar-refractivity contribution is 5.95. The number of aliphatic hydroxyl groups is 1. The molecule has 1 unspecified atom stereocenters. The second-order valence-corrected chi connectivity index (χ2v) is 3.94. The predicted octanol–water partition coefficient (Wildman–Crippen LogP) is 2.20. The highest BCUT2D eigenvalue weighted by Crippen LogP contribution is 2.27. The fraction of sp³-hybridized carbons (Fsp3) is 0.0714. The summed E-state index contributed by atoms with van der Waals surface area (Å²) in [6.07, 6.45) is -1.43. The molecular formula is C14H12FNO3. The summed E-state index contributed by atoms with van der Waals surface area (Å²) >= 11 is 0. The smallest absolute Gasteiger partial charge is 0.258 e. The molecule has 0 aromatic heterocycles. The van der Waals surface area contributed by atoms with Crippen LogP contribution in [0.15, 0.2) is 48.5 Å². The van der Waals surface area contributed by atoms with E-state index in [-0.39, 0.29) is 5.69 Å². The maximum absolute atomic E-state index is 13.4. The molecule has 0 saturated carbocycles. The molecule has 0 bridgehead atoms. The first-order valence-corrected chi connectivity index (χ1v) is 5.61. The fourth-order valence-corrected chi connectivity index (χ4v) is 1.61. The summed E-state index contributed by atoms with van der Waals surface area (Å²) in [5.41, 5.74) is 0.0401. The topological polar surface area (TPSA) is 69.6 Å². The van der Waals surface area contributed by atoms with Crippen LogP contribution >= 0.6 is 0 Å². The number of phenolic OH excluding ortho intramolecular Hbond substituents is 1. The quantitative estimate of drug-likeness (QED) is 0.742. The van der Waals surface area contributed by atoms with Gasteiger partial charge in [0.05, 0.1) is 0 Å². The summed E-state index contributed by atoms with van der Waals surface area (Å²) in [6, 6.07) is 11.9. The number of halogens is 1. The van der Waals surface area contributed by atoms with Gasteiger partial charge in [-0.2, -0.15) is 0 Å². The van der Waals surface area contributed by atoms with Gasteiger partial charge in [-0.3, -0.25) is 4.79 Å². The SMILES string of the molecule is O=C(Nc1c(O)cccc1F)C(O)c1ccccc1. The fourth-order valence-electron chi connectivity index (χ4n) is 1.61. The molecule has 3 N–H and O–H groups in total. The number of hydrogen-bond donors (Lipinski definition) is 3. The van der Waals surface area contributed by atoms with Gasteiger partial charge in [0.2, 0.25) is 0 Å². The van der Waals surface area contributed by atoms with E-state index in [0.29, 0.717) is 5.56 Å². The van der Waals surface area contributed by atoms with E-state index in [4.69, 9.17) is 0 Å². The molecule has 0 fully saturated rings. The van der Waals surface area contributed by atoms with Gasteiger partial charge in [-0.25, -0.2) is 4.39 Å². The van der Waals surface area contributed by atoms with Gasteiger partial charge in [-0.1, -0.05) is 36.4 Å². The highest BCUT2D eigenvalue weighted by atomic mass is 19.1. The zero-order valence-electron chi connectivity index (χ0n) is 9.88. The number of carbonyl (C=O) groups is 1. The number of amides is 1. The van der Waals surface area contributed by atoms with Crippen molar-refractivity contribution in [3.05, 3.63) is 59.9 Å². The Morgan fingerprint density at radius 3 is 2.42 bits per heavy atom. The van der Waals surface area contributed by atoms with E-state index in [9.17, 15) is 19.4 Å². The molecule has 2 aromatic rings. The summed E-state index contributed by atoms with van der Waals surface area (Å²) in [5.74, 6) is -1.98. The summed E-state index contributed by atoms with van der Waals surface area (Å²) in [4.78, 5) is 11.8. The summed E-state index contributed by atoms with van der Waals surface area (Å²) in [7, 11) is 0. The maximum atomic E-state index is 13.4. The van der Waals surface area contributed by atoms with Crippen LogP contribution < -0.4 is 5.32 Å². The first kappa shape index (κ1) is 13.0. The average Bonchev–Trinajstić information content (AvgIpc) is 2.43. The second-order valence-electron chi connectivity index (χ2n) is 3.94. The Bertz CT molecular complexity index is 566. The van der Waals surface area contributed by atoms with E-state index >= 15 is 0 Å². The van der Waals surface area contributed by atoms with Gasteiger partial charge in [-0.05, 0) is 17.7 Å². The Kier molecular flexibility index (Phi) is 3.77. The first-order valence-electron chi connectivity index (χ1n) is 5.61. The van der Waals surface area contributed by atoms with E-state index < -0.39 is 23.6 Å². The Balaban J connectivity index is 2.18. The number of nitrogens with one attached hydrogen (secondary N) is 1. The molecule has 98 valence electrons. The number of benzene rings is 2. The van der Waals surface area contributed by atoms with Crippen LogP contribution in [0, 0.1) is 5.82 Å². The number of aromatic hydroxyl groups is 1. The Hall–Kier alpha value is -2.40. The number of aliphatic hydroxyl groups excluding tert-OH is 1. The van der Waals surface area contributed by atoms with Gasteiger partial charge < -0.3 is 15.5 Å². The third-order valence-electron chi connectivity index (χ3n) is 2.60. The van der Waals surface area contributed by atoms with Crippen molar-refractivity contribution in [1.29, 1.82) is 0 Å². The van der Waals surface area contributed by atoms with Crippen molar-refractivity contribution in [3.63, 3.8) is 0 Å². The van der Waals surface area contributed by atoms with E-state index in [2.05, 4.69) is 5.32 Å². The third kappa shape index (κ3) is 2.89. The number of anilines is 1. The molecule has 0 aliphatic heterocycles. The van der Waals surface area contributed by atoms with E-state index in [1.807, 2.05) is 0 Å². The van der Waals surface area contributed by atoms with Crippen LogP contribution in [0.2, 0.25) is 0 Å². The predicted molar refractivity (Wildman–Crippen MR) is 68.1 cm³/mol. The molecule has 0 saturated heterocycles. The van der Waals surface area contributed by atoms with Crippen molar-refractivity contribution in [1.82, 2.24) is 0 Å². The van der Waals surface area contributed by atoms with Crippen molar-refractivity contribution in [3.8, 4) is 5.75 Å². The molecule has 1 atom stereocenters. The largest absolute Gasteiger partial charge is 0.506 e. The standard InChI is InChI=1S/C14H12FNO3/c15-10-7-4-8-11(17)12(10)16-14(19)13(18)9-5-2-1-3-6-9/h1-8,13,17-18H,(H,16,19). The maximum Gasteiger partial charge on any atom is 0.258 e. The monoisotopic (exact) mass is 261 g/mol. The van der Waals surface area contributed by atoms with Crippen molar-refractivity contribution >= 4 is 11.6 Å². The minimum Gasteiger partial charge on any atom is -0.506 e. The van der Waals surface area contributed by atoms with Crippen molar-refractivity contribution in [2.24, 2.45) is 0 Å². The minimum atomic E-state index is -1.43. The van der Waals surface area contributed by atoms with Gasteiger partial charge in [-0.15, -0.1) is 0 Å². The normalized spacial score (nSPS) is 11.9. The van der Waals surface area contributed by atoms with Gasteiger partial charge in [0.25, 0.3) is 5.91 Å². The van der Waals surface area contributed by atoms with Gasteiger partial charge in [0.15, 0.2) is 11.9 Å². The lowest BCUT2D eigenvalue weighted by atomic mass is 10.1. The van der Waals surface area contributed by atoms with Gasteiger partial charge in [0, 0.05) is 0 Å². The van der Waals surface area contributed by atoms with Gasteiger partial charge in [0.1, 0.15) is 11.4 Å². The molecular weight excluding hydrogens is 249 g/mol. The summed E-state index contributed by atoms with van der Waals surface area (Å²) in [5, 5.41) is 21.4. The van der Waals surface area contributed by atoms with Crippen LogP contribution in [0.1, 0.15) is 11.7 Å². The number of carbonyl (C=O) groups excluding carboxylic acids is 1. The Morgan fingerprint density at radius 1 is 1.11 bits per heavy atom. The number of rotatable bonds is 3. The molecule has 0 spiro atoms. The van der Waals surface area contributed by atoms with Crippen LogP contribution in [0.3, 0.4) is 0 Å². The van der Waals surface area contributed by atoms with Gasteiger partial charge >= 0.3 is 0 Å². The summed E-state index contributed by atoms with van der Waals surface area (Å²) in [6.45, 7) is 0. The zero-order chi connectivity index (χ0) is 13.8. The van der Waals surface area contributed by atoms with Crippen LogP contribution in [0.4, 0.5) is 10.1 Å². The molecule has 2 aromatic carbocycles. The second kappa shape index (κ2) is 5.49. The lowest BCUT2D eigenvalue weighted by Crippen LogP contribution is -2.21. The molecule has 0 aliphatic carbocycles. The van der Waals surface area contributed by atoms with Crippen molar-refractivity contribution in [2.75, 3.05) is 5.32 Å². The Labute approximate surface area is 109 Å². The number of phenols is 1. The molecule has 4 nitrogen and oxygen atoms in total. The third-order valence-corrected chi connectivity index (χ3v) is 2.60. The van der Waals surface area contributed by atoms with Crippen LogP contribution in [-0.2, 0) is 4.79 Å². The zero-order valence-corrected chi connectivity index (χ0v) is 9.88. The summed E-state index contributed by atoms with van der Waals surface area (Å²) < 4.78 is 13.4. The van der Waals surface area contributed by atoms with Crippen LogP contribution in [0.5, 0.6) is 5.75 Å². The molecule has 19 heavy (non-hydrogen) atoms. The molecule has 0 heterocycles. The van der Waals surface area contributed by atoms with E-state index in [1.54, 1.807) is 30.3 Å². The molecule has 5 heteroatoms. The van der Waals surface area contributed by atoms with E-state index in [0.717, 1.165) is 6.07 Å². The number of hydrogen-bond acceptors (Lipinski definition) is 3. The average molecular weight is 261 g/mol. The lowest BCUT2D eigenvalue weighted by Gasteiger charge is -2.13. The van der Waals surface area contributed by atoms with Crippen LogP contribution in [0.25, 0.3) is 0 Å². The molecule has 0 aliphatic rings. The lowest BCUT2D eigenvalue weighted by molar-refractivity contribution is -0.124. The minimum absolute atomic E-state index is 0.345. The van der Waals surface area contributed by atoms with Crippen LogP contribution in [-0.4, -0.2) is 16.1 Å².